The Labute approximate surface area is 76.9 Å². The summed E-state index contributed by atoms with van der Waals surface area (Å²) in [5.41, 5.74) is 0.623. The number of nitrogens with one attached hydrogen (secondary N) is 1. The van der Waals surface area contributed by atoms with Crippen LogP contribution in [0.2, 0.25) is 0 Å². The van der Waals surface area contributed by atoms with E-state index < -0.39 is 0 Å². The van der Waals surface area contributed by atoms with Crippen LogP contribution in [-0.4, -0.2) is 13.1 Å². The average molecular weight is 169 g/mol. The van der Waals surface area contributed by atoms with Crippen molar-refractivity contribution in [1.29, 1.82) is 0 Å². The molecule has 1 N–H and O–H groups in total. The van der Waals surface area contributed by atoms with E-state index in [1.165, 1.54) is 38.8 Å². The van der Waals surface area contributed by atoms with E-state index in [2.05, 4.69) is 26.1 Å². The Morgan fingerprint density at radius 3 is 2.67 bits per heavy atom. The van der Waals surface area contributed by atoms with E-state index in [1.54, 1.807) is 0 Å². The Balaban J connectivity index is 2.42. The molecule has 1 aliphatic heterocycles. The second kappa shape index (κ2) is 4.27. The second-order valence-corrected chi connectivity index (χ2v) is 5.01. The summed E-state index contributed by atoms with van der Waals surface area (Å²) in [7, 11) is 0. The molecule has 1 saturated heterocycles. The predicted octanol–water partition coefficient (Wildman–Crippen LogP) is 2.81. The van der Waals surface area contributed by atoms with Crippen LogP contribution in [0.4, 0.5) is 0 Å². The van der Waals surface area contributed by atoms with E-state index in [0.717, 1.165) is 5.92 Å². The predicted molar refractivity (Wildman–Crippen MR) is 54.3 cm³/mol. The third-order valence-corrected chi connectivity index (χ3v) is 2.94. The lowest BCUT2D eigenvalue weighted by Gasteiger charge is -2.29. The third kappa shape index (κ3) is 3.14. The molecule has 0 aromatic heterocycles. The van der Waals surface area contributed by atoms with Crippen molar-refractivity contribution in [3.05, 3.63) is 0 Å². The maximum atomic E-state index is 3.48. The zero-order chi connectivity index (χ0) is 9.03. The fourth-order valence-corrected chi connectivity index (χ4v) is 2.47. The molecular formula is C11H23N. The van der Waals surface area contributed by atoms with E-state index in [9.17, 15) is 0 Å². The minimum atomic E-state index is 0.623. The normalized spacial score (nSPS) is 32.0. The van der Waals surface area contributed by atoms with Crippen molar-refractivity contribution in [2.45, 2.75) is 46.5 Å². The molecule has 0 radical (unpaired) electrons. The van der Waals surface area contributed by atoms with Gasteiger partial charge in [-0.15, -0.1) is 0 Å². The van der Waals surface area contributed by atoms with Crippen LogP contribution < -0.4 is 5.32 Å². The Morgan fingerprint density at radius 1 is 1.25 bits per heavy atom. The molecule has 1 nitrogen and oxygen atoms in total. The second-order valence-electron chi connectivity index (χ2n) is 5.01. The standard InChI is InChI=1S/C11H23N/c1-10(2)9-11(3)5-4-7-12-8-6-11/h10,12H,4-9H2,1-3H3. The fourth-order valence-electron chi connectivity index (χ4n) is 2.47. The SMILES string of the molecule is CC(C)CC1(C)CCCNCC1. The highest BCUT2D eigenvalue weighted by Gasteiger charge is 2.25. The first kappa shape index (κ1) is 10.0. The highest BCUT2D eigenvalue weighted by molar-refractivity contribution is 4.79. The van der Waals surface area contributed by atoms with Crippen LogP contribution in [0.1, 0.15) is 46.5 Å². The van der Waals surface area contributed by atoms with E-state index in [1.807, 2.05) is 0 Å². The summed E-state index contributed by atoms with van der Waals surface area (Å²) < 4.78 is 0. The molecule has 1 atom stereocenters. The largest absolute Gasteiger partial charge is 0.317 e. The van der Waals surface area contributed by atoms with Gasteiger partial charge >= 0.3 is 0 Å². The number of hydrogen-bond donors (Lipinski definition) is 1. The maximum Gasteiger partial charge on any atom is -0.00437 e. The molecule has 1 rings (SSSR count). The Kier molecular flexibility index (Phi) is 3.57. The Bertz CT molecular complexity index is 121. The summed E-state index contributed by atoms with van der Waals surface area (Å²) in [4.78, 5) is 0. The van der Waals surface area contributed by atoms with Gasteiger partial charge in [0, 0.05) is 0 Å². The zero-order valence-electron chi connectivity index (χ0n) is 8.82. The first-order valence-corrected chi connectivity index (χ1v) is 5.33. The molecule has 0 aromatic carbocycles. The Morgan fingerprint density at radius 2 is 2.00 bits per heavy atom. The lowest BCUT2D eigenvalue weighted by atomic mass is 9.76. The molecule has 0 bridgehead atoms. The average Bonchev–Trinajstić information content (AvgIpc) is 2.12. The molecule has 1 fully saturated rings. The van der Waals surface area contributed by atoms with E-state index in [-0.39, 0.29) is 0 Å². The fraction of sp³-hybridized carbons (Fsp3) is 1.00. The van der Waals surface area contributed by atoms with Crippen molar-refractivity contribution in [3.63, 3.8) is 0 Å². The minimum Gasteiger partial charge on any atom is -0.317 e. The molecule has 0 saturated carbocycles. The lowest BCUT2D eigenvalue weighted by Crippen LogP contribution is -2.21. The number of hydrogen-bond acceptors (Lipinski definition) is 1. The van der Waals surface area contributed by atoms with Crippen LogP contribution in [-0.2, 0) is 0 Å². The van der Waals surface area contributed by atoms with Crippen LogP contribution in [0.25, 0.3) is 0 Å². The summed E-state index contributed by atoms with van der Waals surface area (Å²) >= 11 is 0. The lowest BCUT2D eigenvalue weighted by molar-refractivity contribution is 0.227. The van der Waals surface area contributed by atoms with Crippen LogP contribution >= 0.6 is 0 Å². The van der Waals surface area contributed by atoms with E-state index >= 15 is 0 Å². The van der Waals surface area contributed by atoms with Gasteiger partial charge in [-0.1, -0.05) is 20.8 Å². The van der Waals surface area contributed by atoms with E-state index in [0.29, 0.717) is 5.41 Å². The summed E-state index contributed by atoms with van der Waals surface area (Å²) in [5, 5.41) is 3.48. The topological polar surface area (TPSA) is 12.0 Å². The van der Waals surface area contributed by atoms with Crippen molar-refractivity contribution in [3.8, 4) is 0 Å². The van der Waals surface area contributed by atoms with Crippen LogP contribution in [0.3, 0.4) is 0 Å². The number of rotatable bonds is 2. The Hall–Kier alpha value is -0.0400. The summed E-state index contributed by atoms with van der Waals surface area (Å²) in [6, 6.07) is 0. The molecule has 0 spiro atoms. The molecular weight excluding hydrogens is 146 g/mol. The van der Waals surface area contributed by atoms with Crippen molar-refractivity contribution in [1.82, 2.24) is 5.32 Å². The molecule has 12 heavy (non-hydrogen) atoms. The maximum absolute atomic E-state index is 3.48. The van der Waals surface area contributed by atoms with Gasteiger partial charge in [-0.05, 0) is 50.1 Å². The molecule has 1 heteroatoms. The molecule has 0 aliphatic carbocycles. The van der Waals surface area contributed by atoms with Crippen LogP contribution in [0, 0.1) is 11.3 Å². The van der Waals surface area contributed by atoms with Gasteiger partial charge in [0.05, 0.1) is 0 Å². The van der Waals surface area contributed by atoms with Crippen LogP contribution in [0.15, 0.2) is 0 Å². The van der Waals surface area contributed by atoms with Crippen LogP contribution in [0.5, 0.6) is 0 Å². The summed E-state index contributed by atoms with van der Waals surface area (Å²) in [6.07, 6.45) is 5.54. The minimum absolute atomic E-state index is 0.623. The monoisotopic (exact) mass is 169 g/mol. The van der Waals surface area contributed by atoms with Crippen molar-refractivity contribution < 1.29 is 0 Å². The van der Waals surface area contributed by atoms with Gasteiger partial charge in [-0.25, -0.2) is 0 Å². The molecule has 1 heterocycles. The first-order valence-electron chi connectivity index (χ1n) is 5.33. The van der Waals surface area contributed by atoms with Crippen molar-refractivity contribution in [2.75, 3.05) is 13.1 Å². The van der Waals surface area contributed by atoms with Gasteiger partial charge in [0.25, 0.3) is 0 Å². The van der Waals surface area contributed by atoms with Gasteiger partial charge in [-0.3, -0.25) is 0 Å². The zero-order valence-corrected chi connectivity index (χ0v) is 8.82. The van der Waals surface area contributed by atoms with Crippen molar-refractivity contribution in [2.24, 2.45) is 11.3 Å². The summed E-state index contributed by atoms with van der Waals surface area (Å²) in [5.74, 6) is 0.855. The van der Waals surface area contributed by atoms with Gasteiger partial charge in [0.1, 0.15) is 0 Å². The molecule has 1 aliphatic rings. The summed E-state index contributed by atoms with van der Waals surface area (Å²) in [6.45, 7) is 9.59. The molecule has 72 valence electrons. The highest BCUT2D eigenvalue weighted by Crippen LogP contribution is 2.35. The molecule has 0 amide bonds. The molecule has 1 unspecified atom stereocenters. The van der Waals surface area contributed by atoms with Gasteiger partial charge in [0.2, 0.25) is 0 Å². The van der Waals surface area contributed by atoms with Gasteiger partial charge < -0.3 is 5.32 Å². The van der Waals surface area contributed by atoms with Gasteiger partial charge in [0.15, 0.2) is 0 Å². The quantitative estimate of drug-likeness (QED) is 0.670. The first-order chi connectivity index (χ1) is 5.62. The molecule has 0 aromatic rings. The smallest absolute Gasteiger partial charge is 0.00437 e. The van der Waals surface area contributed by atoms with Gasteiger partial charge in [-0.2, -0.15) is 0 Å². The highest BCUT2D eigenvalue weighted by atomic mass is 14.9. The van der Waals surface area contributed by atoms with Crippen molar-refractivity contribution >= 4 is 0 Å². The third-order valence-electron chi connectivity index (χ3n) is 2.94. The van der Waals surface area contributed by atoms with E-state index in [4.69, 9.17) is 0 Å².